The molecule has 1 fully saturated rings. The highest BCUT2D eigenvalue weighted by Crippen LogP contribution is 2.33. The first-order chi connectivity index (χ1) is 8.93. The number of carboxylic acid groups (broad SMARTS) is 1. The Labute approximate surface area is 124 Å². The van der Waals surface area contributed by atoms with Crippen molar-refractivity contribution in [1.29, 1.82) is 0 Å². The van der Waals surface area contributed by atoms with Crippen LogP contribution in [0.15, 0.2) is 12.1 Å². The summed E-state index contributed by atoms with van der Waals surface area (Å²) in [5, 5.41) is 9.51. The maximum Gasteiger partial charge on any atom is 0.326 e. The molecule has 0 aliphatic carbocycles. The Bertz CT molecular complexity index is 547. The molecule has 1 saturated heterocycles. The Hall–Kier alpha value is -0.970. The number of carbonyl (C=O) groups excluding carboxylic acids is 1. The van der Waals surface area contributed by atoms with E-state index in [0.717, 1.165) is 0 Å². The van der Waals surface area contributed by atoms with Gasteiger partial charge in [0.2, 0.25) is 0 Å². The van der Waals surface area contributed by atoms with E-state index in [2.05, 4.69) is 0 Å². The molecular formula is C12H10Cl3NO3. The third kappa shape index (κ3) is 2.66. The molecule has 1 aromatic carbocycles. The Morgan fingerprint density at radius 1 is 1.21 bits per heavy atom. The molecule has 2 rings (SSSR count). The van der Waals surface area contributed by atoms with Crippen LogP contribution in [-0.2, 0) is 4.79 Å². The number of amides is 1. The minimum Gasteiger partial charge on any atom is -0.480 e. The molecule has 1 aliphatic heterocycles. The second-order valence-electron chi connectivity index (χ2n) is 4.21. The molecule has 1 amide bonds. The Morgan fingerprint density at radius 3 is 2.47 bits per heavy atom. The van der Waals surface area contributed by atoms with Gasteiger partial charge in [-0.3, -0.25) is 4.79 Å². The van der Waals surface area contributed by atoms with Gasteiger partial charge in [-0.25, -0.2) is 4.79 Å². The predicted octanol–water partition coefficient (Wildman–Crippen LogP) is 3.34. The summed E-state index contributed by atoms with van der Waals surface area (Å²) in [7, 11) is 0. The van der Waals surface area contributed by atoms with Crippen molar-refractivity contribution >= 4 is 46.7 Å². The van der Waals surface area contributed by atoms with Gasteiger partial charge in [0.15, 0.2) is 0 Å². The number of halogens is 3. The Balaban J connectivity index is 2.40. The van der Waals surface area contributed by atoms with Crippen molar-refractivity contribution < 1.29 is 14.7 Å². The van der Waals surface area contributed by atoms with Crippen LogP contribution in [0.1, 0.15) is 23.2 Å². The number of carbonyl (C=O) groups is 2. The summed E-state index contributed by atoms with van der Waals surface area (Å²) >= 11 is 17.8. The summed E-state index contributed by atoms with van der Waals surface area (Å²) in [4.78, 5) is 24.8. The van der Waals surface area contributed by atoms with E-state index < -0.39 is 17.9 Å². The molecule has 0 spiro atoms. The molecule has 0 radical (unpaired) electrons. The van der Waals surface area contributed by atoms with Crippen LogP contribution in [0.25, 0.3) is 0 Å². The van der Waals surface area contributed by atoms with E-state index in [-0.39, 0.29) is 20.6 Å². The fourth-order valence-electron chi connectivity index (χ4n) is 2.13. The number of rotatable bonds is 2. The quantitative estimate of drug-likeness (QED) is 0.850. The molecule has 1 unspecified atom stereocenters. The average Bonchev–Trinajstić information content (AvgIpc) is 2.83. The van der Waals surface area contributed by atoms with E-state index in [9.17, 15) is 9.59 Å². The van der Waals surface area contributed by atoms with E-state index in [1.807, 2.05) is 0 Å². The number of hydrogen-bond donors (Lipinski definition) is 1. The van der Waals surface area contributed by atoms with E-state index in [0.29, 0.717) is 19.4 Å². The highest BCUT2D eigenvalue weighted by atomic mass is 35.5. The smallest absolute Gasteiger partial charge is 0.326 e. The van der Waals surface area contributed by atoms with Crippen molar-refractivity contribution in [3.05, 3.63) is 32.8 Å². The number of likely N-dealkylation sites (tertiary alicyclic amines) is 1. The lowest BCUT2D eigenvalue weighted by atomic mass is 10.1. The van der Waals surface area contributed by atoms with Crippen molar-refractivity contribution in [2.75, 3.05) is 6.54 Å². The summed E-state index contributed by atoms with van der Waals surface area (Å²) < 4.78 is 0. The first kappa shape index (κ1) is 14.4. The van der Waals surface area contributed by atoms with E-state index >= 15 is 0 Å². The van der Waals surface area contributed by atoms with Crippen molar-refractivity contribution in [3.63, 3.8) is 0 Å². The summed E-state index contributed by atoms with van der Waals surface area (Å²) in [5.41, 5.74) is 0.0592. The van der Waals surface area contributed by atoms with Gasteiger partial charge in [0, 0.05) is 6.54 Å². The lowest BCUT2D eigenvalue weighted by Crippen LogP contribution is -2.40. The maximum atomic E-state index is 12.4. The van der Waals surface area contributed by atoms with Gasteiger partial charge in [0.25, 0.3) is 5.91 Å². The van der Waals surface area contributed by atoms with Gasteiger partial charge in [-0.2, -0.15) is 0 Å². The largest absolute Gasteiger partial charge is 0.480 e. The van der Waals surface area contributed by atoms with Crippen LogP contribution in [0.3, 0.4) is 0 Å². The first-order valence-corrected chi connectivity index (χ1v) is 6.74. The molecule has 0 aromatic heterocycles. The number of aliphatic carboxylic acids is 1. The van der Waals surface area contributed by atoms with Crippen LogP contribution >= 0.6 is 34.8 Å². The number of carboxylic acids is 1. The first-order valence-electron chi connectivity index (χ1n) is 5.60. The molecule has 4 nitrogen and oxygen atoms in total. The van der Waals surface area contributed by atoms with Crippen LogP contribution < -0.4 is 0 Å². The van der Waals surface area contributed by atoms with Gasteiger partial charge in [0.05, 0.1) is 20.6 Å². The number of hydrogen-bond acceptors (Lipinski definition) is 2. The molecule has 1 heterocycles. The van der Waals surface area contributed by atoms with Crippen molar-refractivity contribution in [1.82, 2.24) is 4.90 Å². The molecule has 1 N–H and O–H groups in total. The summed E-state index contributed by atoms with van der Waals surface area (Å²) in [6, 6.07) is 2.12. The van der Waals surface area contributed by atoms with Crippen LogP contribution in [0.5, 0.6) is 0 Å². The molecule has 0 bridgehead atoms. The SMILES string of the molecule is O=C(O)C1CCCN1C(=O)c1c(Cl)ccc(Cl)c1Cl. The normalized spacial score (nSPS) is 18.7. The van der Waals surface area contributed by atoms with Crippen molar-refractivity contribution in [3.8, 4) is 0 Å². The third-order valence-electron chi connectivity index (χ3n) is 3.06. The van der Waals surface area contributed by atoms with E-state index in [1.54, 1.807) is 0 Å². The predicted molar refractivity (Wildman–Crippen MR) is 73.2 cm³/mol. The van der Waals surface area contributed by atoms with E-state index in [4.69, 9.17) is 39.9 Å². The third-order valence-corrected chi connectivity index (χ3v) is 4.18. The topological polar surface area (TPSA) is 57.6 Å². The molecule has 1 aromatic rings. The van der Waals surface area contributed by atoms with Gasteiger partial charge in [-0.15, -0.1) is 0 Å². The number of benzene rings is 1. The van der Waals surface area contributed by atoms with Crippen LogP contribution in [0.2, 0.25) is 15.1 Å². The Kier molecular flexibility index (Phi) is 4.23. The standard InChI is InChI=1S/C12H10Cl3NO3/c13-6-3-4-7(14)10(15)9(6)11(17)16-5-1-2-8(16)12(18)19/h3-4,8H,1-2,5H2,(H,18,19). The Morgan fingerprint density at radius 2 is 1.84 bits per heavy atom. The molecule has 1 aliphatic rings. The van der Waals surface area contributed by atoms with Gasteiger partial charge < -0.3 is 10.0 Å². The molecular weight excluding hydrogens is 312 g/mol. The van der Waals surface area contributed by atoms with E-state index in [1.165, 1.54) is 17.0 Å². The van der Waals surface area contributed by atoms with Crippen LogP contribution in [-0.4, -0.2) is 34.5 Å². The lowest BCUT2D eigenvalue weighted by molar-refractivity contribution is -0.141. The minimum absolute atomic E-state index is 0.0511. The zero-order valence-electron chi connectivity index (χ0n) is 9.70. The molecule has 19 heavy (non-hydrogen) atoms. The second-order valence-corrected chi connectivity index (χ2v) is 5.41. The monoisotopic (exact) mass is 321 g/mol. The fraction of sp³-hybridized carbons (Fsp3) is 0.333. The highest BCUT2D eigenvalue weighted by Gasteiger charge is 2.36. The summed E-state index contributed by atoms with van der Waals surface area (Å²) in [5.74, 6) is -1.53. The second kappa shape index (κ2) is 5.57. The van der Waals surface area contributed by atoms with Gasteiger partial charge in [-0.1, -0.05) is 34.8 Å². The van der Waals surface area contributed by atoms with Gasteiger partial charge in [-0.05, 0) is 25.0 Å². The zero-order valence-corrected chi connectivity index (χ0v) is 12.0. The van der Waals surface area contributed by atoms with Crippen molar-refractivity contribution in [2.24, 2.45) is 0 Å². The molecule has 102 valence electrons. The van der Waals surface area contributed by atoms with Crippen LogP contribution in [0, 0.1) is 0 Å². The fourth-order valence-corrected chi connectivity index (χ4v) is 2.82. The molecule has 7 heteroatoms. The number of nitrogens with zero attached hydrogens (tertiary/aromatic N) is 1. The maximum absolute atomic E-state index is 12.4. The molecule has 0 saturated carbocycles. The minimum atomic E-state index is -1.03. The van der Waals surface area contributed by atoms with Crippen molar-refractivity contribution in [2.45, 2.75) is 18.9 Å². The lowest BCUT2D eigenvalue weighted by Gasteiger charge is -2.22. The van der Waals surface area contributed by atoms with Gasteiger partial charge in [0.1, 0.15) is 6.04 Å². The summed E-state index contributed by atoms with van der Waals surface area (Å²) in [6.07, 6.45) is 1.06. The van der Waals surface area contributed by atoms with Crippen LogP contribution in [0.4, 0.5) is 0 Å². The molecule has 1 atom stereocenters. The van der Waals surface area contributed by atoms with Gasteiger partial charge >= 0.3 is 5.97 Å². The zero-order chi connectivity index (χ0) is 14.2. The summed E-state index contributed by atoms with van der Waals surface area (Å²) in [6.45, 7) is 0.370. The average molecular weight is 323 g/mol. The highest BCUT2D eigenvalue weighted by molar-refractivity contribution is 6.46.